The van der Waals surface area contributed by atoms with Crippen molar-refractivity contribution in [1.29, 1.82) is 0 Å². The lowest BCUT2D eigenvalue weighted by Crippen LogP contribution is -1.98. The van der Waals surface area contributed by atoms with Gasteiger partial charge in [-0.3, -0.25) is 0 Å². The van der Waals surface area contributed by atoms with Crippen LogP contribution in [0.25, 0.3) is 6.08 Å². The summed E-state index contributed by atoms with van der Waals surface area (Å²) in [5.41, 5.74) is 0.845. The summed E-state index contributed by atoms with van der Waals surface area (Å²) in [5, 5.41) is 0. The van der Waals surface area contributed by atoms with E-state index in [2.05, 4.69) is 31.9 Å². The number of carbonyl (C=O) groups is 1. The molecular formula is C12H12Br2O3. The van der Waals surface area contributed by atoms with E-state index in [0.717, 1.165) is 14.5 Å². The molecule has 3 nitrogen and oxygen atoms in total. The van der Waals surface area contributed by atoms with E-state index in [-0.39, 0.29) is 5.97 Å². The van der Waals surface area contributed by atoms with Crippen molar-refractivity contribution in [3.63, 3.8) is 0 Å². The number of esters is 1. The summed E-state index contributed by atoms with van der Waals surface area (Å²) in [5.74, 6) is 0.345. The lowest BCUT2D eigenvalue weighted by Gasteiger charge is -2.06. The highest BCUT2D eigenvalue weighted by molar-refractivity contribution is 9.11. The fraction of sp³-hybridized carbons (Fsp3) is 0.250. The maximum absolute atomic E-state index is 11.2. The molecule has 0 N–H and O–H groups in total. The van der Waals surface area contributed by atoms with Crippen LogP contribution in [0.5, 0.6) is 5.75 Å². The summed E-state index contributed by atoms with van der Waals surface area (Å²) in [4.78, 5) is 11.2. The molecule has 1 aromatic carbocycles. The molecule has 0 fully saturated rings. The van der Waals surface area contributed by atoms with Crippen molar-refractivity contribution in [2.24, 2.45) is 0 Å². The Morgan fingerprint density at radius 1 is 1.35 bits per heavy atom. The van der Waals surface area contributed by atoms with Crippen molar-refractivity contribution in [3.05, 3.63) is 32.7 Å². The predicted molar refractivity (Wildman–Crippen MR) is 74.1 cm³/mol. The Kier molecular flexibility index (Phi) is 5.71. The fourth-order valence-electron chi connectivity index (χ4n) is 1.18. The quantitative estimate of drug-likeness (QED) is 0.603. The largest absolute Gasteiger partial charge is 0.496 e. The molecule has 5 heteroatoms. The van der Waals surface area contributed by atoms with Gasteiger partial charge in [-0.05, 0) is 46.6 Å². The van der Waals surface area contributed by atoms with Crippen LogP contribution < -0.4 is 4.74 Å². The molecule has 1 aromatic rings. The van der Waals surface area contributed by atoms with Gasteiger partial charge in [0, 0.05) is 10.5 Å². The van der Waals surface area contributed by atoms with Gasteiger partial charge >= 0.3 is 5.97 Å². The molecule has 0 amide bonds. The topological polar surface area (TPSA) is 35.5 Å². The molecule has 0 atom stereocenters. The Balaban J connectivity index is 2.94. The molecule has 1 rings (SSSR count). The first-order valence-corrected chi connectivity index (χ1v) is 6.55. The highest BCUT2D eigenvalue weighted by Crippen LogP contribution is 2.32. The van der Waals surface area contributed by atoms with Crippen LogP contribution >= 0.6 is 31.9 Å². The monoisotopic (exact) mass is 362 g/mol. The van der Waals surface area contributed by atoms with Crippen molar-refractivity contribution in [3.8, 4) is 5.75 Å². The Hall–Kier alpha value is -0.810. The fourth-order valence-corrected chi connectivity index (χ4v) is 2.47. The zero-order chi connectivity index (χ0) is 12.8. The molecule has 0 saturated carbocycles. The van der Waals surface area contributed by atoms with Crippen molar-refractivity contribution in [2.75, 3.05) is 13.7 Å². The summed E-state index contributed by atoms with van der Waals surface area (Å²) in [7, 11) is 1.59. The number of benzene rings is 1. The summed E-state index contributed by atoms with van der Waals surface area (Å²) in [6.07, 6.45) is 3.06. The Morgan fingerprint density at radius 3 is 2.65 bits per heavy atom. The van der Waals surface area contributed by atoms with E-state index in [9.17, 15) is 4.79 Å². The second-order valence-corrected chi connectivity index (χ2v) is 4.80. The third-order valence-electron chi connectivity index (χ3n) is 1.96. The van der Waals surface area contributed by atoms with Gasteiger partial charge < -0.3 is 9.47 Å². The molecule has 0 unspecified atom stereocenters. The Morgan fingerprint density at radius 2 is 2.06 bits per heavy atom. The van der Waals surface area contributed by atoms with E-state index in [1.54, 1.807) is 20.1 Å². The zero-order valence-electron chi connectivity index (χ0n) is 9.50. The van der Waals surface area contributed by atoms with E-state index >= 15 is 0 Å². The minimum absolute atomic E-state index is 0.360. The lowest BCUT2D eigenvalue weighted by atomic mass is 10.2. The van der Waals surface area contributed by atoms with Gasteiger partial charge in [-0.25, -0.2) is 4.79 Å². The van der Waals surface area contributed by atoms with Gasteiger partial charge in [0.05, 0.1) is 18.2 Å². The maximum Gasteiger partial charge on any atom is 0.330 e. The predicted octanol–water partition coefficient (Wildman–Crippen LogP) is 3.80. The van der Waals surface area contributed by atoms with Crippen LogP contribution in [0.15, 0.2) is 27.2 Å². The molecule has 0 radical (unpaired) electrons. The molecule has 17 heavy (non-hydrogen) atoms. The molecule has 0 aliphatic heterocycles. The van der Waals surface area contributed by atoms with E-state index in [1.807, 2.05) is 12.1 Å². The molecule has 0 aromatic heterocycles. The van der Waals surface area contributed by atoms with Crippen molar-refractivity contribution in [1.82, 2.24) is 0 Å². The molecule has 0 bridgehead atoms. The summed E-state index contributed by atoms with van der Waals surface area (Å²) in [6, 6.07) is 3.69. The van der Waals surface area contributed by atoms with Crippen molar-refractivity contribution in [2.45, 2.75) is 6.92 Å². The number of methoxy groups -OCH3 is 1. The summed E-state index contributed by atoms with van der Waals surface area (Å²) >= 11 is 6.79. The number of carbonyl (C=O) groups excluding carboxylic acids is 1. The van der Waals surface area contributed by atoms with Crippen LogP contribution in [-0.4, -0.2) is 19.7 Å². The minimum Gasteiger partial charge on any atom is -0.496 e. The standard InChI is InChI=1S/C12H12Br2O3/c1-3-17-12(15)5-4-8-6-11(16-2)10(14)7-9(8)13/h4-7H,3H2,1-2H3/b5-4+. The molecule has 0 spiro atoms. The van der Waals surface area contributed by atoms with Gasteiger partial charge in [-0.1, -0.05) is 15.9 Å². The molecule has 0 saturated heterocycles. The van der Waals surface area contributed by atoms with E-state index < -0.39 is 0 Å². The molecular weight excluding hydrogens is 352 g/mol. The first-order valence-electron chi connectivity index (χ1n) is 4.96. The smallest absolute Gasteiger partial charge is 0.330 e. The summed E-state index contributed by atoms with van der Waals surface area (Å²) < 4.78 is 11.7. The van der Waals surface area contributed by atoms with Crippen molar-refractivity contribution >= 4 is 43.9 Å². The van der Waals surface area contributed by atoms with Crippen LogP contribution in [0.3, 0.4) is 0 Å². The minimum atomic E-state index is -0.360. The van der Waals surface area contributed by atoms with E-state index in [1.165, 1.54) is 6.08 Å². The number of hydrogen-bond acceptors (Lipinski definition) is 3. The SMILES string of the molecule is CCOC(=O)/C=C/c1cc(OC)c(Br)cc1Br. The third-order valence-corrected chi connectivity index (χ3v) is 3.26. The second kappa shape index (κ2) is 6.81. The van der Waals surface area contributed by atoms with Crippen LogP contribution in [0.1, 0.15) is 12.5 Å². The van der Waals surface area contributed by atoms with Gasteiger partial charge in [-0.2, -0.15) is 0 Å². The first-order chi connectivity index (χ1) is 8.08. The molecule has 0 aliphatic carbocycles. The number of halogens is 2. The molecule has 0 heterocycles. The van der Waals surface area contributed by atoms with Gasteiger partial charge in [0.1, 0.15) is 5.75 Å². The Bertz CT molecular complexity index is 442. The first kappa shape index (κ1) is 14.3. The maximum atomic E-state index is 11.2. The average Bonchev–Trinajstić information content (AvgIpc) is 2.28. The second-order valence-electron chi connectivity index (χ2n) is 3.09. The third kappa shape index (κ3) is 4.16. The van der Waals surface area contributed by atoms with Gasteiger partial charge in [0.2, 0.25) is 0 Å². The van der Waals surface area contributed by atoms with Crippen molar-refractivity contribution < 1.29 is 14.3 Å². The Labute approximate surface area is 117 Å². The van der Waals surface area contributed by atoms with Crippen LogP contribution in [0.4, 0.5) is 0 Å². The van der Waals surface area contributed by atoms with Gasteiger partial charge in [-0.15, -0.1) is 0 Å². The van der Waals surface area contributed by atoms with Crippen LogP contribution in [-0.2, 0) is 9.53 Å². The van der Waals surface area contributed by atoms with Gasteiger partial charge in [0.25, 0.3) is 0 Å². The van der Waals surface area contributed by atoms with Crippen LogP contribution in [0, 0.1) is 0 Å². The number of ether oxygens (including phenoxy) is 2. The summed E-state index contributed by atoms with van der Waals surface area (Å²) in [6.45, 7) is 2.14. The number of rotatable bonds is 4. The van der Waals surface area contributed by atoms with E-state index in [0.29, 0.717) is 12.4 Å². The highest BCUT2D eigenvalue weighted by Gasteiger charge is 2.05. The lowest BCUT2D eigenvalue weighted by molar-refractivity contribution is -0.137. The van der Waals surface area contributed by atoms with E-state index in [4.69, 9.17) is 9.47 Å². The van der Waals surface area contributed by atoms with Crippen LogP contribution in [0.2, 0.25) is 0 Å². The number of hydrogen-bond donors (Lipinski definition) is 0. The zero-order valence-corrected chi connectivity index (χ0v) is 12.7. The highest BCUT2D eigenvalue weighted by atomic mass is 79.9. The molecule has 92 valence electrons. The normalized spacial score (nSPS) is 10.6. The average molecular weight is 364 g/mol. The van der Waals surface area contributed by atoms with Gasteiger partial charge in [0.15, 0.2) is 0 Å². The molecule has 0 aliphatic rings.